The highest BCUT2D eigenvalue weighted by atomic mass is 32.2. The summed E-state index contributed by atoms with van der Waals surface area (Å²) in [5, 5.41) is 3.76. The number of rotatable bonds is 5. The molecule has 26 heavy (non-hydrogen) atoms. The van der Waals surface area contributed by atoms with E-state index in [9.17, 15) is 9.59 Å². The van der Waals surface area contributed by atoms with Gasteiger partial charge in [0.2, 0.25) is 0 Å². The molecule has 0 radical (unpaired) electrons. The fourth-order valence-electron chi connectivity index (χ4n) is 5.56. The van der Waals surface area contributed by atoms with Crippen LogP contribution in [0, 0.1) is 17.8 Å². The predicted molar refractivity (Wildman–Crippen MR) is 98.1 cm³/mol. The van der Waals surface area contributed by atoms with Gasteiger partial charge in [0.15, 0.2) is 5.16 Å². The Kier molecular flexibility index (Phi) is 4.67. The van der Waals surface area contributed by atoms with Crippen LogP contribution in [-0.4, -0.2) is 40.2 Å². The van der Waals surface area contributed by atoms with E-state index in [0.717, 1.165) is 37.0 Å². The second-order valence-electron chi connectivity index (χ2n) is 7.99. The van der Waals surface area contributed by atoms with Gasteiger partial charge in [-0.1, -0.05) is 11.8 Å². The van der Waals surface area contributed by atoms with Crippen molar-refractivity contribution in [1.82, 2.24) is 15.3 Å². The molecule has 4 saturated carbocycles. The van der Waals surface area contributed by atoms with E-state index in [2.05, 4.69) is 15.3 Å². The first-order valence-corrected chi connectivity index (χ1v) is 10.6. The predicted octanol–water partition coefficient (Wildman–Crippen LogP) is 3.07. The van der Waals surface area contributed by atoms with Crippen LogP contribution in [0.2, 0.25) is 0 Å². The molecule has 4 fully saturated rings. The Bertz CT molecular complexity index is 701. The Morgan fingerprint density at radius 3 is 2.38 bits per heavy atom. The zero-order valence-corrected chi connectivity index (χ0v) is 16.1. The maximum absolute atomic E-state index is 13.1. The summed E-state index contributed by atoms with van der Waals surface area (Å²) in [6.45, 7) is 1.99. The molecular formula is C19H25N3O3S. The topological polar surface area (TPSA) is 81.2 Å². The van der Waals surface area contributed by atoms with Crippen molar-refractivity contribution in [1.29, 1.82) is 0 Å². The maximum atomic E-state index is 13.1. The lowest BCUT2D eigenvalue weighted by molar-refractivity contribution is -0.0168. The van der Waals surface area contributed by atoms with Gasteiger partial charge in [-0.2, -0.15) is 0 Å². The number of thioether (sulfide) groups is 1. The number of hydrogen-bond donors (Lipinski definition) is 1. The standard InChI is InChI=1S/C19H25N3O3S/c1-3-25-17(24)14-10-20-18(26-2)21-15(14)16(23)22-19-7-11-4-12(8-19)6-13(5-11)9-19/h10-13H,3-9H2,1-2H3,(H,22,23). The first kappa shape index (κ1) is 17.8. The van der Waals surface area contributed by atoms with Gasteiger partial charge in [0, 0.05) is 11.7 Å². The fraction of sp³-hybridized carbons (Fsp3) is 0.684. The lowest BCUT2D eigenvalue weighted by atomic mass is 9.53. The molecular weight excluding hydrogens is 350 g/mol. The van der Waals surface area contributed by atoms with E-state index >= 15 is 0 Å². The Balaban J connectivity index is 1.60. The van der Waals surface area contributed by atoms with E-state index in [1.165, 1.54) is 37.2 Å². The molecule has 1 amide bonds. The zero-order chi connectivity index (χ0) is 18.3. The van der Waals surface area contributed by atoms with Crippen molar-refractivity contribution in [2.45, 2.75) is 56.1 Å². The summed E-state index contributed by atoms with van der Waals surface area (Å²) in [7, 11) is 0. The average Bonchev–Trinajstić information content (AvgIpc) is 2.59. The lowest BCUT2D eigenvalue weighted by Gasteiger charge is -2.56. The highest BCUT2D eigenvalue weighted by molar-refractivity contribution is 7.98. The number of hydrogen-bond acceptors (Lipinski definition) is 6. The molecule has 0 saturated heterocycles. The molecule has 4 bridgehead atoms. The van der Waals surface area contributed by atoms with Crippen molar-refractivity contribution >= 4 is 23.6 Å². The minimum atomic E-state index is -0.546. The second kappa shape index (κ2) is 6.83. The fourth-order valence-corrected chi connectivity index (χ4v) is 5.90. The maximum Gasteiger partial charge on any atom is 0.342 e. The van der Waals surface area contributed by atoms with Gasteiger partial charge in [-0.25, -0.2) is 14.8 Å². The first-order valence-electron chi connectivity index (χ1n) is 9.42. The third-order valence-corrected chi connectivity index (χ3v) is 6.64. The van der Waals surface area contributed by atoms with Crippen LogP contribution >= 0.6 is 11.8 Å². The molecule has 1 heterocycles. The van der Waals surface area contributed by atoms with Crippen molar-refractivity contribution in [3.05, 3.63) is 17.5 Å². The van der Waals surface area contributed by atoms with E-state index in [1.54, 1.807) is 6.92 Å². The summed E-state index contributed by atoms with van der Waals surface area (Å²) in [5.74, 6) is 1.39. The highest BCUT2D eigenvalue weighted by Gasteiger charge is 2.51. The van der Waals surface area contributed by atoms with E-state index in [0.29, 0.717) is 5.16 Å². The number of amides is 1. The van der Waals surface area contributed by atoms with Gasteiger partial charge >= 0.3 is 5.97 Å². The average molecular weight is 375 g/mol. The van der Waals surface area contributed by atoms with E-state index < -0.39 is 5.97 Å². The number of nitrogens with one attached hydrogen (secondary N) is 1. The SMILES string of the molecule is CCOC(=O)c1cnc(SC)nc1C(=O)NC12CC3CC(CC(C3)C1)C2. The smallest absolute Gasteiger partial charge is 0.342 e. The highest BCUT2D eigenvalue weighted by Crippen LogP contribution is 2.55. The summed E-state index contributed by atoms with van der Waals surface area (Å²) in [6.07, 6.45) is 10.4. The molecule has 1 N–H and O–H groups in total. The molecule has 7 heteroatoms. The summed E-state index contributed by atoms with van der Waals surface area (Å²) in [4.78, 5) is 33.8. The lowest BCUT2D eigenvalue weighted by Crippen LogP contribution is -2.60. The molecule has 1 aromatic heterocycles. The van der Waals surface area contributed by atoms with Gasteiger partial charge < -0.3 is 10.1 Å². The number of aromatic nitrogens is 2. The van der Waals surface area contributed by atoms with Gasteiger partial charge in [-0.05, 0) is 69.5 Å². The molecule has 4 aliphatic carbocycles. The summed E-state index contributed by atoms with van der Waals surface area (Å²) < 4.78 is 5.08. The van der Waals surface area contributed by atoms with Crippen LogP contribution in [0.3, 0.4) is 0 Å². The molecule has 0 aromatic carbocycles. The van der Waals surface area contributed by atoms with E-state index in [4.69, 9.17) is 4.74 Å². The van der Waals surface area contributed by atoms with Crippen LogP contribution < -0.4 is 5.32 Å². The van der Waals surface area contributed by atoms with E-state index in [1.807, 2.05) is 6.26 Å². The molecule has 0 unspecified atom stereocenters. The number of ether oxygens (including phenoxy) is 1. The molecule has 140 valence electrons. The molecule has 0 aliphatic heterocycles. The Hall–Kier alpha value is -1.63. The number of nitrogens with zero attached hydrogens (tertiary/aromatic N) is 2. The third kappa shape index (κ3) is 3.21. The van der Waals surface area contributed by atoms with Crippen molar-refractivity contribution in [2.75, 3.05) is 12.9 Å². The van der Waals surface area contributed by atoms with Gasteiger partial charge in [0.25, 0.3) is 5.91 Å². The minimum absolute atomic E-state index is 0.123. The Morgan fingerprint density at radius 1 is 1.23 bits per heavy atom. The number of carbonyl (C=O) groups excluding carboxylic acids is 2. The van der Waals surface area contributed by atoms with Crippen LogP contribution in [0.5, 0.6) is 0 Å². The van der Waals surface area contributed by atoms with Gasteiger partial charge in [0.1, 0.15) is 11.3 Å². The van der Waals surface area contributed by atoms with E-state index in [-0.39, 0.29) is 29.3 Å². The van der Waals surface area contributed by atoms with Crippen LogP contribution in [0.4, 0.5) is 0 Å². The van der Waals surface area contributed by atoms with Gasteiger partial charge in [-0.3, -0.25) is 4.79 Å². The molecule has 6 nitrogen and oxygen atoms in total. The minimum Gasteiger partial charge on any atom is -0.462 e. The van der Waals surface area contributed by atoms with Crippen LogP contribution in [-0.2, 0) is 4.74 Å². The van der Waals surface area contributed by atoms with Crippen LogP contribution in [0.25, 0.3) is 0 Å². The third-order valence-electron chi connectivity index (χ3n) is 6.08. The number of carbonyl (C=O) groups is 2. The normalized spacial score (nSPS) is 31.7. The molecule has 5 rings (SSSR count). The van der Waals surface area contributed by atoms with Crippen molar-refractivity contribution in [2.24, 2.45) is 17.8 Å². The van der Waals surface area contributed by atoms with Crippen LogP contribution in [0.15, 0.2) is 11.4 Å². The monoisotopic (exact) mass is 375 g/mol. The zero-order valence-electron chi connectivity index (χ0n) is 15.3. The van der Waals surface area contributed by atoms with Crippen LogP contribution in [0.1, 0.15) is 66.3 Å². The van der Waals surface area contributed by atoms with Crippen molar-refractivity contribution < 1.29 is 14.3 Å². The first-order chi connectivity index (χ1) is 12.5. The van der Waals surface area contributed by atoms with Gasteiger partial charge in [0.05, 0.1) is 6.61 Å². The Labute approximate surface area is 157 Å². The summed E-state index contributed by atoms with van der Waals surface area (Å²) in [5.41, 5.74) is 0.160. The quantitative estimate of drug-likeness (QED) is 0.484. The summed E-state index contributed by atoms with van der Waals surface area (Å²) in [6, 6.07) is 0. The molecule has 0 atom stereocenters. The van der Waals surface area contributed by atoms with Gasteiger partial charge in [-0.15, -0.1) is 0 Å². The Morgan fingerprint density at radius 2 is 1.85 bits per heavy atom. The largest absolute Gasteiger partial charge is 0.462 e. The molecule has 1 aromatic rings. The molecule has 4 aliphatic rings. The molecule has 0 spiro atoms. The number of esters is 1. The summed E-state index contributed by atoms with van der Waals surface area (Å²) >= 11 is 1.35. The van der Waals surface area contributed by atoms with Crippen molar-refractivity contribution in [3.63, 3.8) is 0 Å². The second-order valence-corrected chi connectivity index (χ2v) is 8.76. The van der Waals surface area contributed by atoms with Crippen molar-refractivity contribution in [3.8, 4) is 0 Å².